The summed E-state index contributed by atoms with van der Waals surface area (Å²) in [6, 6.07) is 28.8. The van der Waals surface area contributed by atoms with E-state index in [0.29, 0.717) is 0 Å². The van der Waals surface area contributed by atoms with E-state index in [1.807, 2.05) is 0 Å². The number of imidazole rings is 1. The van der Waals surface area contributed by atoms with E-state index in [0.717, 1.165) is 6.42 Å². The quantitative estimate of drug-likeness (QED) is 0.255. The Labute approximate surface area is 196 Å². The van der Waals surface area contributed by atoms with Gasteiger partial charge >= 0.3 is 0 Å². The summed E-state index contributed by atoms with van der Waals surface area (Å²) in [6.07, 6.45) is 0.987. The highest BCUT2D eigenvalue weighted by Crippen LogP contribution is 2.41. The first kappa shape index (κ1) is 21.2. The number of hydrogen-bond acceptors (Lipinski definition) is 0. The molecule has 1 aromatic heterocycles. The lowest BCUT2D eigenvalue weighted by molar-refractivity contribution is -0.634. The smallest absolute Gasteiger partial charge is 0.225 e. The monoisotopic (exact) mass is 431 g/mol. The zero-order valence-corrected chi connectivity index (χ0v) is 19.1. The molecular weight excluding hydrogens is 400 g/mol. The van der Waals surface area contributed by atoms with Crippen molar-refractivity contribution in [2.24, 2.45) is 7.05 Å². The number of hydrogen-bond donors (Lipinski definition) is 0. The van der Waals surface area contributed by atoms with Crippen LogP contribution in [0.25, 0.3) is 39.2 Å². The number of benzene rings is 4. The molecule has 0 N–H and O–H groups in total. The third kappa shape index (κ3) is 2.97. The van der Waals surface area contributed by atoms with Gasteiger partial charge in [0, 0.05) is 12.0 Å². The maximum atomic E-state index is 2.49. The lowest BCUT2D eigenvalue weighted by Crippen LogP contribution is -2.31. The van der Waals surface area contributed by atoms with Crippen molar-refractivity contribution in [2.75, 3.05) is 0 Å². The molecule has 2 nitrogen and oxygen atoms in total. The predicted octanol–water partition coefficient (Wildman–Crippen LogP) is 7.25. The number of aromatic nitrogens is 2. The molecule has 1 aliphatic carbocycles. The SMILES string of the molecule is C.Cc1ccccc1-c1n(-c2c(C)cccc2C)c2ccc3c(c2[n+]1C)Cc1ccccc1-3. The first-order chi connectivity index (χ1) is 15.6. The Bertz CT molecular complexity index is 1510. The Morgan fingerprint density at radius 2 is 1.30 bits per heavy atom. The molecule has 0 radical (unpaired) electrons. The molecule has 1 aliphatic rings. The molecular formula is C31H31N2+. The number of para-hydroxylation sites is 1. The van der Waals surface area contributed by atoms with Crippen molar-refractivity contribution in [3.63, 3.8) is 0 Å². The molecule has 0 bridgehead atoms. The van der Waals surface area contributed by atoms with Crippen molar-refractivity contribution in [2.45, 2.75) is 34.6 Å². The van der Waals surface area contributed by atoms with Crippen LogP contribution >= 0.6 is 0 Å². The van der Waals surface area contributed by atoms with Gasteiger partial charge in [0.2, 0.25) is 0 Å². The standard InChI is InChI=1S/C30H27N2.CH4/c1-19-10-5-7-14-23(19)30-31(4)29-26-18-22-13-6-8-15-24(22)25(26)16-17-27(29)32(30)28-20(2)11-9-12-21(28)3;/h5-17H,18H2,1-4H3;1H4/q+1;. The summed E-state index contributed by atoms with van der Waals surface area (Å²) in [5.74, 6) is 1.24. The molecule has 4 aromatic carbocycles. The lowest BCUT2D eigenvalue weighted by atomic mass is 10.0. The van der Waals surface area contributed by atoms with Gasteiger partial charge in [-0.15, -0.1) is 0 Å². The molecule has 0 saturated heterocycles. The zero-order chi connectivity index (χ0) is 22.0. The van der Waals surface area contributed by atoms with E-state index in [4.69, 9.17) is 0 Å². The fourth-order valence-electron chi connectivity index (χ4n) is 5.62. The van der Waals surface area contributed by atoms with Gasteiger partial charge in [-0.2, -0.15) is 4.57 Å². The van der Waals surface area contributed by atoms with Gasteiger partial charge in [0.15, 0.2) is 11.0 Å². The second-order valence-corrected chi connectivity index (χ2v) is 9.07. The molecule has 164 valence electrons. The van der Waals surface area contributed by atoms with Crippen LogP contribution in [0.3, 0.4) is 0 Å². The van der Waals surface area contributed by atoms with E-state index < -0.39 is 0 Å². The molecule has 0 atom stereocenters. The summed E-state index contributed by atoms with van der Waals surface area (Å²) in [5, 5.41) is 0. The summed E-state index contributed by atoms with van der Waals surface area (Å²) in [4.78, 5) is 0. The molecule has 33 heavy (non-hydrogen) atoms. The largest absolute Gasteiger partial charge is 0.295 e. The summed E-state index contributed by atoms with van der Waals surface area (Å²) >= 11 is 0. The third-order valence-corrected chi connectivity index (χ3v) is 7.09. The number of fused-ring (bicyclic) bond motifs is 5. The van der Waals surface area contributed by atoms with Crippen LogP contribution in [0.2, 0.25) is 0 Å². The topological polar surface area (TPSA) is 8.81 Å². The zero-order valence-electron chi connectivity index (χ0n) is 19.1. The van der Waals surface area contributed by atoms with Gasteiger partial charge in [0.25, 0.3) is 5.82 Å². The molecule has 1 heterocycles. The maximum absolute atomic E-state index is 2.49. The molecule has 0 saturated carbocycles. The van der Waals surface area contributed by atoms with Crippen molar-refractivity contribution in [3.8, 4) is 28.2 Å². The third-order valence-electron chi connectivity index (χ3n) is 7.09. The van der Waals surface area contributed by atoms with Gasteiger partial charge in [-0.25, -0.2) is 4.57 Å². The highest BCUT2D eigenvalue weighted by Gasteiger charge is 2.33. The van der Waals surface area contributed by atoms with Gasteiger partial charge in [0.1, 0.15) is 5.69 Å². The van der Waals surface area contributed by atoms with Crippen LogP contribution in [0.15, 0.2) is 78.9 Å². The van der Waals surface area contributed by atoms with Crippen LogP contribution in [-0.2, 0) is 13.5 Å². The van der Waals surface area contributed by atoms with Crippen molar-refractivity contribution >= 4 is 11.0 Å². The minimum Gasteiger partial charge on any atom is -0.225 e. The second kappa shape index (κ2) is 7.74. The van der Waals surface area contributed by atoms with E-state index in [-0.39, 0.29) is 7.43 Å². The highest BCUT2D eigenvalue weighted by molar-refractivity contribution is 5.92. The van der Waals surface area contributed by atoms with E-state index in [1.54, 1.807) is 0 Å². The number of nitrogens with zero attached hydrogens (tertiary/aromatic N) is 2. The van der Waals surface area contributed by atoms with E-state index in [1.165, 1.54) is 67.1 Å². The molecule has 5 aromatic rings. The molecule has 6 rings (SSSR count). The van der Waals surface area contributed by atoms with Crippen LogP contribution in [0.5, 0.6) is 0 Å². The lowest BCUT2D eigenvalue weighted by Gasteiger charge is -2.10. The van der Waals surface area contributed by atoms with Crippen LogP contribution < -0.4 is 4.57 Å². The van der Waals surface area contributed by atoms with Crippen LogP contribution in [0, 0.1) is 20.8 Å². The average Bonchev–Trinajstić information content (AvgIpc) is 3.30. The second-order valence-electron chi connectivity index (χ2n) is 9.07. The Morgan fingerprint density at radius 3 is 2.03 bits per heavy atom. The van der Waals surface area contributed by atoms with Gasteiger partial charge < -0.3 is 0 Å². The van der Waals surface area contributed by atoms with Crippen molar-refractivity contribution in [1.82, 2.24) is 4.57 Å². The molecule has 0 amide bonds. The van der Waals surface area contributed by atoms with E-state index in [9.17, 15) is 0 Å². The van der Waals surface area contributed by atoms with Crippen LogP contribution in [-0.4, -0.2) is 4.57 Å². The van der Waals surface area contributed by atoms with E-state index >= 15 is 0 Å². The van der Waals surface area contributed by atoms with Crippen molar-refractivity contribution in [3.05, 3.63) is 107 Å². The Kier molecular flexibility index (Phi) is 4.97. The molecule has 0 spiro atoms. The Morgan fingerprint density at radius 1 is 0.667 bits per heavy atom. The normalized spacial score (nSPS) is 11.9. The summed E-state index contributed by atoms with van der Waals surface area (Å²) in [7, 11) is 2.23. The minimum atomic E-state index is 0. The van der Waals surface area contributed by atoms with Gasteiger partial charge in [-0.05, 0) is 72.4 Å². The Hall–Kier alpha value is -3.65. The van der Waals surface area contributed by atoms with E-state index in [2.05, 4.69) is 116 Å². The van der Waals surface area contributed by atoms with Crippen molar-refractivity contribution in [1.29, 1.82) is 0 Å². The summed E-state index contributed by atoms with van der Waals surface area (Å²) < 4.78 is 4.92. The fraction of sp³-hybridized carbons (Fsp3) is 0.194. The van der Waals surface area contributed by atoms with Gasteiger partial charge in [-0.1, -0.05) is 68.1 Å². The predicted molar refractivity (Wildman–Crippen MR) is 139 cm³/mol. The first-order valence-corrected chi connectivity index (χ1v) is 11.3. The number of aryl methyl sites for hydroxylation is 4. The molecule has 0 aliphatic heterocycles. The average molecular weight is 432 g/mol. The minimum absolute atomic E-state index is 0. The molecule has 0 unspecified atom stereocenters. The molecule has 0 fully saturated rings. The van der Waals surface area contributed by atoms with Crippen molar-refractivity contribution < 1.29 is 4.57 Å². The molecule has 2 heteroatoms. The maximum Gasteiger partial charge on any atom is 0.295 e. The highest BCUT2D eigenvalue weighted by atomic mass is 15.2. The summed E-state index contributed by atoms with van der Waals surface area (Å²) in [6.45, 7) is 6.65. The number of rotatable bonds is 2. The van der Waals surface area contributed by atoms with Crippen LogP contribution in [0.1, 0.15) is 35.2 Å². The Balaban J connectivity index is 0.00000228. The summed E-state index contributed by atoms with van der Waals surface area (Å²) in [5.41, 5.74) is 14.7. The van der Waals surface area contributed by atoms with Gasteiger partial charge in [-0.3, -0.25) is 0 Å². The van der Waals surface area contributed by atoms with Gasteiger partial charge in [0.05, 0.1) is 12.6 Å². The van der Waals surface area contributed by atoms with Crippen LogP contribution in [0.4, 0.5) is 0 Å². The fourth-order valence-corrected chi connectivity index (χ4v) is 5.62. The first-order valence-electron chi connectivity index (χ1n) is 11.3.